The Balaban J connectivity index is 1.41. The lowest BCUT2D eigenvalue weighted by molar-refractivity contribution is -0.122. The maximum Gasteiger partial charge on any atom is 0.220 e. The normalized spacial score (nSPS) is 10.6. The van der Waals surface area contributed by atoms with Crippen molar-refractivity contribution in [3.05, 3.63) is 70.8 Å². The summed E-state index contributed by atoms with van der Waals surface area (Å²) in [5.74, 6) is 0.252. The molecule has 0 aromatic heterocycles. The summed E-state index contributed by atoms with van der Waals surface area (Å²) >= 11 is 0. The number of amides is 2. The monoisotopic (exact) mass is 408 g/mol. The van der Waals surface area contributed by atoms with E-state index in [0.29, 0.717) is 25.9 Å². The van der Waals surface area contributed by atoms with E-state index >= 15 is 0 Å². The largest absolute Gasteiger partial charge is 0.352 e. The van der Waals surface area contributed by atoms with Crippen molar-refractivity contribution in [2.24, 2.45) is 0 Å². The van der Waals surface area contributed by atoms with E-state index in [9.17, 15) is 9.59 Å². The molecular weight excluding hydrogens is 372 g/mol. The van der Waals surface area contributed by atoms with E-state index in [0.717, 1.165) is 49.7 Å². The lowest BCUT2D eigenvalue weighted by Crippen LogP contribution is -2.22. The summed E-state index contributed by atoms with van der Waals surface area (Å²) in [4.78, 5) is 23.8. The summed E-state index contributed by atoms with van der Waals surface area (Å²) in [5.41, 5.74) is 4.73. The Kier molecular flexibility index (Phi) is 10.7. The molecule has 4 nitrogen and oxygen atoms in total. The fourth-order valence-electron chi connectivity index (χ4n) is 3.27. The molecule has 0 aliphatic rings. The van der Waals surface area contributed by atoms with Crippen molar-refractivity contribution in [1.29, 1.82) is 0 Å². The molecule has 0 saturated carbocycles. The molecule has 2 aromatic rings. The summed E-state index contributed by atoms with van der Waals surface area (Å²) in [6.45, 7) is 5.32. The van der Waals surface area contributed by atoms with Gasteiger partial charge in [-0.25, -0.2) is 0 Å². The molecule has 2 aromatic carbocycles. The van der Waals surface area contributed by atoms with Gasteiger partial charge in [0, 0.05) is 25.9 Å². The smallest absolute Gasteiger partial charge is 0.220 e. The molecule has 0 atom stereocenters. The van der Waals surface area contributed by atoms with Crippen LogP contribution in [-0.4, -0.2) is 11.8 Å². The third kappa shape index (κ3) is 10.2. The Morgan fingerprint density at radius 1 is 0.567 bits per heavy atom. The van der Waals surface area contributed by atoms with E-state index in [4.69, 9.17) is 0 Å². The summed E-state index contributed by atoms with van der Waals surface area (Å²) in [6.07, 6.45) is 7.41. The number of hydrogen-bond donors (Lipinski definition) is 2. The van der Waals surface area contributed by atoms with Gasteiger partial charge in [-0.3, -0.25) is 9.59 Å². The molecule has 0 aliphatic carbocycles. The van der Waals surface area contributed by atoms with Gasteiger partial charge in [0.2, 0.25) is 11.8 Å². The zero-order valence-corrected chi connectivity index (χ0v) is 18.5. The van der Waals surface area contributed by atoms with Gasteiger partial charge in [0.05, 0.1) is 0 Å². The fourth-order valence-corrected chi connectivity index (χ4v) is 3.27. The molecule has 2 N–H and O–H groups in total. The van der Waals surface area contributed by atoms with Crippen LogP contribution in [0.1, 0.15) is 73.6 Å². The molecule has 0 saturated heterocycles. The van der Waals surface area contributed by atoms with Crippen LogP contribution in [0.5, 0.6) is 0 Å². The molecule has 0 bridgehead atoms. The van der Waals surface area contributed by atoms with Gasteiger partial charge >= 0.3 is 0 Å². The van der Waals surface area contributed by atoms with Crippen molar-refractivity contribution in [3.8, 4) is 0 Å². The number of nitrogens with one attached hydrogen (secondary N) is 2. The molecule has 4 heteroatoms. The van der Waals surface area contributed by atoms with E-state index in [-0.39, 0.29) is 11.8 Å². The van der Waals surface area contributed by atoms with Gasteiger partial charge in [-0.2, -0.15) is 0 Å². The first-order chi connectivity index (χ1) is 14.5. The summed E-state index contributed by atoms with van der Waals surface area (Å²) in [5, 5.41) is 5.97. The molecule has 0 radical (unpaired) electrons. The highest BCUT2D eigenvalue weighted by atomic mass is 16.2. The third-order valence-corrected chi connectivity index (χ3v) is 5.28. The van der Waals surface area contributed by atoms with Crippen molar-refractivity contribution in [3.63, 3.8) is 0 Å². The molecule has 2 amide bonds. The SMILES string of the molecule is Cc1ccc(CNC(=O)CCCCCCCCC(=O)NCc2ccc(C)cc2)cc1. The Hall–Kier alpha value is -2.62. The average molecular weight is 409 g/mol. The predicted molar refractivity (Wildman–Crippen MR) is 123 cm³/mol. The second kappa shape index (κ2) is 13.6. The van der Waals surface area contributed by atoms with Crippen molar-refractivity contribution < 1.29 is 9.59 Å². The van der Waals surface area contributed by atoms with E-state index in [1.807, 2.05) is 0 Å². The lowest BCUT2D eigenvalue weighted by atomic mass is 10.1. The van der Waals surface area contributed by atoms with Crippen LogP contribution in [0.15, 0.2) is 48.5 Å². The van der Waals surface area contributed by atoms with Gasteiger partial charge in [-0.05, 0) is 37.8 Å². The fraction of sp³-hybridized carbons (Fsp3) is 0.462. The van der Waals surface area contributed by atoms with E-state index < -0.39 is 0 Å². The van der Waals surface area contributed by atoms with Crippen LogP contribution < -0.4 is 10.6 Å². The standard InChI is InChI=1S/C26H36N2O2/c1-21-11-15-23(16-12-21)19-27-25(29)9-7-5-3-4-6-8-10-26(30)28-20-24-17-13-22(2)14-18-24/h11-18H,3-10,19-20H2,1-2H3,(H,27,29)(H,28,30). The van der Waals surface area contributed by atoms with Crippen LogP contribution in [0.4, 0.5) is 0 Å². The summed E-state index contributed by atoms with van der Waals surface area (Å²) in [6, 6.07) is 16.5. The third-order valence-electron chi connectivity index (χ3n) is 5.28. The number of unbranched alkanes of at least 4 members (excludes halogenated alkanes) is 5. The Morgan fingerprint density at radius 3 is 1.27 bits per heavy atom. The first-order valence-electron chi connectivity index (χ1n) is 11.2. The van der Waals surface area contributed by atoms with Crippen LogP contribution in [0.25, 0.3) is 0 Å². The second-order valence-electron chi connectivity index (χ2n) is 8.15. The van der Waals surface area contributed by atoms with Crippen molar-refractivity contribution in [2.75, 3.05) is 0 Å². The molecule has 0 unspecified atom stereocenters. The van der Waals surface area contributed by atoms with Crippen LogP contribution in [-0.2, 0) is 22.7 Å². The lowest BCUT2D eigenvalue weighted by Gasteiger charge is -2.07. The minimum absolute atomic E-state index is 0.126. The Morgan fingerprint density at radius 2 is 0.900 bits per heavy atom. The number of hydrogen-bond acceptors (Lipinski definition) is 2. The first-order valence-corrected chi connectivity index (χ1v) is 11.2. The second-order valence-corrected chi connectivity index (χ2v) is 8.15. The van der Waals surface area contributed by atoms with Crippen molar-refractivity contribution in [2.45, 2.75) is 78.3 Å². The molecule has 30 heavy (non-hydrogen) atoms. The van der Waals surface area contributed by atoms with Crippen LogP contribution in [0.3, 0.4) is 0 Å². The number of benzene rings is 2. The Labute approximate surface area is 181 Å². The quantitative estimate of drug-likeness (QED) is 0.439. The van der Waals surface area contributed by atoms with E-state index in [2.05, 4.69) is 73.0 Å². The molecule has 0 heterocycles. The minimum Gasteiger partial charge on any atom is -0.352 e. The van der Waals surface area contributed by atoms with Gasteiger partial charge in [0.15, 0.2) is 0 Å². The van der Waals surface area contributed by atoms with Crippen molar-refractivity contribution in [1.82, 2.24) is 10.6 Å². The van der Waals surface area contributed by atoms with Crippen LogP contribution >= 0.6 is 0 Å². The summed E-state index contributed by atoms with van der Waals surface area (Å²) < 4.78 is 0. The zero-order valence-electron chi connectivity index (χ0n) is 18.5. The van der Waals surface area contributed by atoms with Crippen molar-refractivity contribution >= 4 is 11.8 Å². The highest BCUT2D eigenvalue weighted by Gasteiger charge is 2.03. The predicted octanol–water partition coefficient (Wildman–Crippen LogP) is 5.36. The number of rotatable bonds is 13. The molecule has 2 rings (SSSR count). The number of carbonyl (C=O) groups excluding carboxylic acids is 2. The van der Waals surface area contributed by atoms with Gasteiger partial charge in [0.1, 0.15) is 0 Å². The topological polar surface area (TPSA) is 58.2 Å². The number of carbonyl (C=O) groups is 2. The van der Waals surface area contributed by atoms with E-state index in [1.165, 1.54) is 11.1 Å². The van der Waals surface area contributed by atoms with E-state index in [1.54, 1.807) is 0 Å². The molecule has 0 fully saturated rings. The van der Waals surface area contributed by atoms with Gasteiger partial charge in [-0.1, -0.05) is 85.3 Å². The molecule has 0 aliphatic heterocycles. The van der Waals surface area contributed by atoms with Crippen LogP contribution in [0, 0.1) is 13.8 Å². The minimum atomic E-state index is 0.126. The highest BCUT2D eigenvalue weighted by molar-refractivity contribution is 5.76. The zero-order chi connectivity index (χ0) is 21.6. The van der Waals surface area contributed by atoms with Gasteiger partial charge in [-0.15, -0.1) is 0 Å². The van der Waals surface area contributed by atoms with Crippen LogP contribution in [0.2, 0.25) is 0 Å². The molecular formula is C26H36N2O2. The summed E-state index contributed by atoms with van der Waals surface area (Å²) in [7, 11) is 0. The first kappa shape index (κ1) is 23.7. The molecule has 0 spiro atoms. The average Bonchev–Trinajstić information content (AvgIpc) is 2.74. The maximum atomic E-state index is 11.9. The molecule has 162 valence electrons. The number of aryl methyl sites for hydroxylation is 2. The Bertz CT molecular complexity index is 699. The van der Waals surface area contributed by atoms with Gasteiger partial charge in [0.25, 0.3) is 0 Å². The highest BCUT2D eigenvalue weighted by Crippen LogP contribution is 2.09. The maximum absolute atomic E-state index is 11.9. The van der Waals surface area contributed by atoms with Gasteiger partial charge < -0.3 is 10.6 Å².